The quantitative estimate of drug-likeness (QED) is 0.789. The fourth-order valence-electron chi connectivity index (χ4n) is 2.63. The van der Waals surface area contributed by atoms with E-state index >= 15 is 0 Å². The van der Waals surface area contributed by atoms with E-state index in [9.17, 15) is 0 Å². The molecule has 116 valence electrons. The minimum Gasteiger partial charge on any atom is -0.494 e. The van der Waals surface area contributed by atoms with Crippen molar-refractivity contribution in [1.82, 2.24) is 10.2 Å². The first-order chi connectivity index (χ1) is 10.8. The van der Waals surface area contributed by atoms with Crippen LogP contribution in [0.15, 0.2) is 35.4 Å². The van der Waals surface area contributed by atoms with Crippen molar-refractivity contribution in [2.24, 2.45) is 0 Å². The predicted molar refractivity (Wildman–Crippen MR) is 90.8 cm³/mol. The molecule has 1 aliphatic rings. The van der Waals surface area contributed by atoms with Gasteiger partial charge < -0.3 is 9.64 Å². The minimum absolute atomic E-state index is 0.780. The molecule has 0 spiro atoms. The second-order valence-corrected chi connectivity index (χ2v) is 6.21. The van der Waals surface area contributed by atoms with E-state index in [4.69, 9.17) is 4.74 Å². The number of ether oxygens (including phenoxy) is 1. The molecule has 0 fully saturated rings. The monoisotopic (exact) mass is 315 g/mol. The molecule has 22 heavy (non-hydrogen) atoms. The molecule has 1 aromatic carbocycles. The fraction of sp³-hybridized carbons (Fsp3) is 0.412. The zero-order valence-electron chi connectivity index (χ0n) is 13.1. The van der Waals surface area contributed by atoms with E-state index < -0.39 is 0 Å². The van der Waals surface area contributed by atoms with Crippen LogP contribution in [-0.4, -0.2) is 29.6 Å². The Kier molecular flexibility index (Phi) is 4.83. The van der Waals surface area contributed by atoms with Crippen molar-refractivity contribution in [3.63, 3.8) is 0 Å². The molecule has 3 rings (SSSR count). The molecule has 1 aliphatic heterocycles. The summed E-state index contributed by atoms with van der Waals surface area (Å²) in [5.41, 5.74) is 2.74. The van der Waals surface area contributed by atoms with Gasteiger partial charge in [-0.3, -0.25) is 0 Å². The number of anilines is 1. The Labute approximate surface area is 135 Å². The maximum absolute atomic E-state index is 5.72. The molecule has 2 heterocycles. The third-order valence-corrected chi connectivity index (χ3v) is 4.46. The van der Waals surface area contributed by atoms with Gasteiger partial charge in [-0.05, 0) is 54.5 Å². The van der Waals surface area contributed by atoms with Crippen LogP contribution in [0.25, 0.3) is 0 Å². The summed E-state index contributed by atoms with van der Waals surface area (Å²) in [5, 5.41) is 9.52. The molecule has 0 saturated carbocycles. The molecular formula is C17H21N3OS. The molecule has 0 N–H and O–H groups in total. The van der Waals surface area contributed by atoms with Crippen LogP contribution in [0, 0.1) is 0 Å². The molecule has 0 atom stereocenters. The van der Waals surface area contributed by atoms with Crippen molar-refractivity contribution < 1.29 is 4.74 Å². The van der Waals surface area contributed by atoms with E-state index in [1.54, 1.807) is 11.8 Å². The van der Waals surface area contributed by atoms with Gasteiger partial charge in [0, 0.05) is 13.1 Å². The van der Waals surface area contributed by atoms with E-state index in [1.165, 1.54) is 11.1 Å². The first kappa shape index (κ1) is 15.2. The summed E-state index contributed by atoms with van der Waals surface area (Å²) in [6, 6.07) is 10.5. The Hall–Kier alpha value is -1.75. The van der Waals surface area contributed by atoms with Crippen LogP contribution in [0.1, 0.15) is 24.5 Å². The highest BCUT2D eigenvalue weighted by Crippen LogP contribution is 2.26. The molecule has 0 saturated heterocycles. The fourth-order valence-corrected chi connectivity index (χ4v) is 2.95. The molecule has 0 radical (unpaired) electrons. The SMILES string of the molecule is CCCOc1ccc2c(c1)CCN(c1ccc(SC)nn1)C2. The minimum atomic E-state index is 0.780. The standard InChI is InChI=1S/C17H21N3OS/c1-3-10-21-15-5-4-14-12-20(9-8-13(14)11-15)16-6-7-17(22-2)19-18-16/h4-7,11H,3,8-10,12H2,1-2H3. The van der Waals surface area contributed by atoms with Crippen molar-refractivity contribution >= 4 is 17.6 Å². The van der Waals surface area contributed by atoms with Gasteiger partial charge in [-0.15, -0.1) is 22.0 Å². The van der Waals surface area contributed by atoms with Gasteiger partial charge in [0.25, 0.3) is 0 Å². The van der Waals surface area contributed by atoms with E-state index in [0.717, 1.165) is 49.1 Å². The van der Waals surface area contributed by atoms with Crippen LogP contribution in [0.5, 0.6) is 5.75 Å². The molecule has 4 nitrogen and oxygen atoms in total. The Balaban J connectivity index is 1.73. The zero-order valence-corrected chi connectivity index (χ0v) is 13.9. The van der Waals surface area contributed by atoms with E-state index in [2.05, 4.69) is 46.3 Å². The topological polar surface area (TPSA) is 38.2 Å². The van der Waals surface area contributed by atoms with Crippen molar-refractivity contribution in [1.29, 1.82) is 0 Å². The number of thioether (sulfide) groups is 1. The average molecular weight is 315 g/mol. The third kappa shape index (κ3) is 3.35. The largest absolute Gasteiger partial charge is 0.494 e. The number of aromatic nitrogens is 2. The lowest BCUT2D eigenvalue weighted by molar-refractivity contribution is 0.317. The molecule has 0 amide bonds. The normalized spacial score (nSPS) is 13.8. The lowest BCUT2D eigenvalue weighted by Crippen LogP contribution is -2.31. The predicted octanol–water partition coefficient (Wildman–Crippen LogP) is 3.55. The number of hydrogen-bond donors (Lipinski definition) is 0. The number of rotatable bonds is 5. The second-order valence-electron chi connectivity index (χ2n) is 5.38. The van der Waals surface area contributed by atoms with E-state index in [0.29, 0.717) is 0 Å². The number of fused-ring (bicyclic) bond motifs is 1. The molecule has 2 aromatic rings. The van der Waals surface area contributed by atoms with Crippen LogP contribution in [-0.2, 0) is 13.0 Å². The van der Waals surface area contributed by atoms with Crippen LogP contribution < -0.4 is 9.64 Å². The van der Waals surface area contributed by atoms with E-state index in [1.807, 2.05) is 12.3 Å². The zero-order chi connectivity index (χ0) is 15.4. The van der Waals surface area contributed by atoms with Gasteiger partial charge in [0.1, 0.15) is 10.8 Å². The second kappa shape index (κ2) is 7.01. The summed E-state index contributed by atoms with van der Waals surface area (Å²) >= 11 is 1.61. The van der Waals surface area contributed by atoms with Gasteiger partial charge in [-0.2, -0.15) is 0 Å². The number of nitrogens with zero attached hydrogens (tertiary/aromatic N) is 3. The van der Waals surface area contributed by atoms with Gasteiger partial charge in [-0.25, -0.2) is 0 Å². The number of benzene rings is 1. The molecule has 1 aromatic heterocycles. The summed E-state index contributed by atoms with van der Waals surface area (Å²) < 4.78 is 5.72. The summed E-state index contributed by atoms with van der Waals surface area (Å²) in [6.45, 7) is 4.76. The van der Waals surface area contributed by atoms with Gasteiger partial charge in [0.2, 0.25) is 0 Å². The Morgan fingerprint density at radius 3 is 2.82 bits per heavy atom. The Morgan fingerprint density at radius 1 is 1.18 bits per heavy atom. The van der Waals surface area contributed by atoms with Crippen LogP contribution in [0.4, 0.5) is 5.82 Å². The third-order valence-electron chi connectivity index (χ3n) is 3.82. The van der Waals surface area contributed by atoms with Crippen LogP contribution in [0.3, 0.4) is 0 Å². The Morgan fingerprint density at radius 2 is 2.09 bits per heavy atom. The molecule has 0 unspecified atom stereocenters. The van der Waals surface area contributed by atoms with Crippen molar-refractivity contribution in [2.45, 2.75) is 31.3 Å². The maximum Gasteiger partial charge on any atom is 0.151 e. The van der Waals surface area contributed by atoms with Gasteiger partial charge in [0.15, 0.2) is 5.82 Å². The van der Waals surface area contributed by atoms with Gasteiger partial charge in [-0.1, -0.05) is 13.0 Å². The maximum atomic E-state index is 5.72. The molecule has 0 bridgehead atoms. The summed E-state index contributed by atoms with van der Waals surface area (Å²) in [5.74, 6) is 1.94. The smallest absolute Gasteiger partial charge is 0.151 e. The van der Waals surface area contributed by atoms with Crippen molar-refractivity contribution in [2.75, 3.05) is 24.3 Å². The average Bonchev–Trinajstić information content (AvgIpc) is 2.59. The first-order valence-electron chi connectivity index (χ1n) is 7.67. The lowest BCUT2D eigenvalue weighted by atomic mass is 9.99. The molecule has 0 aliphatic carbocycles. The van der Waals surface area contributed by atoms with Crippen LogP contribution in [0.2, 0.25) is 0 Å². The van der Waals surface area contributed by atoms with E-state index in [-0.39, 0.29) is 0 Å². The highest BCUT2D eigenvalue weighted by Gasteiger charge is 2.18. The summed E-state index contributed by atoms with van der Waals surface area (Å²) in [7, 11) is 0. The number of hydrogen-bond acceptors (Lipinski definition) is 5. The van der Waals surface area contributed by atoms with Crippen molar-refractivity contribution in [3.8, 4) is 5.75 Å². The molecule has 5 heteroatoms. The first-order valence-corrected chi connectivity index (χ1v) is 8.90. The Bertz CT molecular complexity index is 630. The van der Waals surface area contributed by atoms with Crippen molar-refractivity contribution in [3.05, 3.63) is 41.5 Å². The summed E-state index contributed by atoms with van der Waals surface area (Å²) in [6.07, 6.45) is 4.07. The van der Waals surface area contributed by atoms with Crippen LogP contribution >= 0.6 is 11.8 Å². The molecular weight excluding hydrogens is 294 g/mol. The summed E-state index contributed by atoms with van der Waals surface area (Å²) in [4.78, 5) is 2.28. The highest BCUT2D eigenvalue weighted by atomic mass is 32.2. The highest BCUT2D eigenvalue weighted by molar-refractivity contribution is 7.98. The lowest BCUT2D eigenvalue weighted by Gasteiger charge is -2.29. The van der Waals surface area contributed by atoms with Gasteiger partial charge >= 0.3 is 0 Å². The van der Waals surface area contributed by atoms with Gasteiger partial charge in [0.05, 0.1) is 6.61 Å².